The van der Waals surface area contributed by atoms with Crippen molar-refractivity contribution in [1.82, 2.24) is 0 Å². The Bertz CT molecular complexity index is 7740. The first-order valence-corrected chi connectivity index (χ1v) is 59.2. The molecule has 0 N–H and O–H groups in total. The number of para-hydroxylation sites is 1. The van der Waals surface area contributed by atoms with Crippen LogP contribution in [-0.4, -0.2) is 19.0 Å². The summed E-state index contributed by atoms with van der Waals surface area (Å²) in [7, 11) is 0. The smallest absolute Gasteiger partial charge is 0.264 e. The molecule has 0 amide bonds. The zero-order chi connectivity index (χ0) is 102. The monoisotopic (exact) mass is 1960 g/mol. The van der Waals surface area contributed by atoms with Gasteiger partial charge in [0.05, 0.1) is 16.2 Å². The second-order valence-electron chi connectivity index (χ2n) is 60.1. The van der Waals surface area contributed by atoms with Gasteiger partial charge in [0, 0.05) is 88.0 Å². The molecule has 5 nitrogen and oxygen atoms in total. The van der Waals surface area contributed by atoms with E-state index >= 15 is 0 Å². The first kappa shape index (κ1) is 95.4. The molecule has 2 saturated carbocycles. The van der Waals surface area contributed by atoms with Crippen molar-refractivity contribution < 1.29 is 0 Å². The lowest BCUT2D eigenvalue weighted by atomic mass is 9.33. The molecule has 15 aliphatic rings. The molecule has 0 radical (unpaired) electrons. The quantitative estimate of drug-likeness (QED) is 0.141. The Labute approximate surface area is 885 Å². The third-order valence-corrected chi connectivity index (χ3v) is 47.6. The van der Waals surface area contributed by atoms with Gasteiger partial charge in [0.25, 0.3) is 13.4 Å². The summed E-state index contributed by atoms with van der Waals surface area (Å²) in [5.41, 5.74) is 49.5. The molecule has 27 rings (SSSR count). The summed E-state index contributed by atoms with van der Waals surface area (Å²) in [4.78, 5) is 16.2. The highest BCUT2D eigenvalue weighted by molar-refractivity contribution is 7.29. The SMILES string of the molecule is CC1(C)CCC(C)(C)c2cc(N3c4cc5c(cc4B4c6c3cc(N3c7ccccc7C7(CCC8(C)CCC(C)(C)c9cc%10c(cc98)B8c9sc%11c(c9N(c9ccc%12c(c9)C(C)(C)CCC%12(C)C)c9cccc(c98)N%10c8ccc9c(c8)C(C)(C)CCC9(C)C)C(C)(C)CCC%11(C)C)CCCCC37C)cc6N(c3ccc6c(c3)C(C)(C)CCC6(C)C)c3sc6cc7c(cc6c34)C3(C)CCC7(C)C3)C(C)(C)CCC5(C)C)ccc21. The van der Waals surface area contributed by atoms with Crippen LogP contribution in [0, 0.1) is 0 Å². The summed E-state index contributed by atoms with van der Waals surface area (Å²) in [6.07, 6.45) is 26.9. The molecule has 5 atom stereocenters. The zero-order valence-electron chi connectivity index (χ0n) is 94.6. The molecule has 5 aliphatic heterocycles. The average Bonchev–Trinajstić information content (AvgIpc) is 1.41. The largest absolute Gasteiger partial charge is 0.334 e. The van der Waals surface area contributed by atoms with Gasteiger partial charge in [-0.1, -0.05) is 274 Å². The highest BCUT2D eigenvalue weighted by atomic mass is 32.1. The molecule has 2 fully saturated rings. The van der Waals surface area contributed by atoms with E-state index in [0.29, 0.717) is 0 Å². The van der Waals surface area contributed by atoms with E-state index in [9.17, 15) is 0 Å². The minimum absolute atomic E-state index is 0.000163. The maximum Gasteiger partial charge on any atom is 0.264 e. The molecule has 146 heavy (non-hydrogen) atoms. The van der Waals surface area contributed by atoms with Gasteiger partial charge >= 0.3 is 0 Å². The second kappa shape index (κ2) is 29.7. The molecular formula is C137H163B2N5S2. The molecule has 754 valence electrons. The second-order valence-corrected chi connectivity index (χ2v) is 62.2. The maximum absolute atomic E-state index is 3.07. The lowest BCUT2D eigenvalue weighted by Crippen LogP contribution is -2.61. The molecule has 9 heteroatoms. The Morgan fingerprint density at radius 3 is 1.17 bits per heavy atom. The van der Waals surface area contributed by atoms with Gasteiger partial charge in [-0.15, -0.1) is 11.3 Å². The fourth-order valence-corrected chi connectivity index (χ4v) is 37.6. The Hall–Kier alpha value is -9.01. The summed E-state index contributed by atoms with van der Waals surface area (Å²) in [6.45, 7) is 77.4. The number of hydrogen-bond acceptors (Lipinski definition) is 7. The first-order chi connectivity index (χ1) is 68.4. The fourth-order valence-electron chi connectivity index (χ4n) is 34.6. The molecule has 5 unspecified atom stereocenters. The van der Waals surface area contributed by atoms with Gasteiger partial charge < -0.3 is 24.5 Å². The Morgan fingerprint density at radius 1 is 0.260 bits per heavy atom. The van der Waals surface area contributed by atoms with Crippen LogP contribution in [0.5, 0.6) is 0 Å². The molecule has 12 aromatic rings. The summed E-state index contributed by atoms with van der Waals surface area (Å²) in [6, 6.07) is 72.1. The highest BCUT2D eigenvalue weighted by Crippen LogP contribution is 2.70. The summed E-state index contributed by atoms with van der Waals surface area (Å²) in [5.74, 6) is 0. The normalized spacial score (nSPS) is 27.5. The van der Waals surface area contributed by atoms with Gasteiger partial charge in [0.15, 0.2) is 0 Å². The maximum atomic E-state index is 3.07. The summed E-state index contributed by atoms with van der Waals surface area (Å²) >= 11 is 4.34. The number of thiophene rings is 2. The first-order valence-electron chi connectivity index (χ1n) is 57.6. The van der Waals surface area contributed by atoms with Gasteiger partial charge in [-0.25, -0.2) is 0 Å². The van der Waals surface area contributed by atoms with Gasteiger partial charge in [0.2, 0.25) is 0 Å². The van der Waals surface area contributed by atoms with E-state index in [2.05, 4.69) is 419 Å². The van der Waals surface area contributed by atoms with E-state index in [4.69, 9.17) is 0 Å². The van der Waals surface area contributed by atoms with Crippen LogP contribution in [0.1, 0.15) is 449 Å². The highest BCUT2D eigenvalue weighted by Gasteiger charge is 2.64. The van der Waals surface area contributed by atoms with Crippen LogP contribution >= 0.6 is 22.7 Å². The van der Waals surface area contributed by atoms with E-state index in [1.807, 2.05) is 0 Å². The van der Waals surface area contributed by atoms with Gasteiger partial charge in [0.1, 0.15) is 0 Å². The van der Waals surface area contributed by atoms with Crippen molar-refractivity contribution in [3.8, 4) is 0 Å². The number of anilines is 14. The summed E-state index contributed by atoms with van der Waals surface area (Å²) in [5, 5.41) is 2.89. The van der Waals surface area contributed by atoms with Crippen molar-refractivity contribution in [2.45, 2.75) is 453 Å². The Morgan fingerprint density at radius 2 is 0.651 bits per heavy atom. The van der Waals surface area contributed by atoms with E-state index in [1.165, 1.54) is 243 Å². The number of hydrogen-bond donors (Lipinski definition) is 0. The molecule has 0 spiro atoms. The zero-order valence-corrected chi connectivity index (χ0v) is 96.2. The van der Waals surface area contributed by atoms with Crippen molar-refractivity contribution in [2.75, 3.05) is 24.5 Å². The van der Waals surface area contributed by atoms with Crippen LogP contribution in [0.3, 0.4) is 0 Å². The van der Waals surface area contributed by atoms with E-state index in [-0.39, 0.29) is 111 Å². The fraction of sp³-hybridized carbons (Fsp3) is 0.518. The van der Waals surface area contributed by atoms with Crippen LogP contribution < -0.4 is 56.6 Å². The molecule has 10 aromatic carbocycles. The number of fused-ring (bicyclic) bond motifs is 26. The molecule has 0 saturated heterocycles. The third kappa shape index (κ3) is 12.8. The Kier molecular flexibility index (Phi) is 19.4. The molecule has 2 bridgehead atoms. The van der Waals surface area contributed by atoms with E-state index in [1.54, 1.807) is 48.6 Å². The van der Waals surface area contributed by atoms with Gasteiger partial charge in [-0.05, 0) is 453 Å². The summed E-state index contributed by atoms with van der Waals surface area (Å²) < 4.78 is 3.00. The van der Waals surface area contributed by atoms with Crippen molar-refractivity contribution >= 4 is 157 Å². The van der Waals surface area contributed by atoms with E-state index < -0.39 is 0 Å². The number of rotatable bonds is 8. The lowest BCUT2D eigenvalue weighted by Gasteiger charge is -2.54. The van der Waals surface area contributed by atoms with Crippen LogP contribution in [0.4, 0.5) is 78.9 Å². The average molecular weight is 1970 g/mol. The van der Waals surface area contributed by atoms with Gasteiger partial charge in [-0.3, -0.25) is 0 Å². The van der Waals surface area contributed by atoms with Crippen LogP contribution in [-0.2, 0) is 92.1 Å². The number of nitrogens with zero attached hydrogens (tertiary/aromatic N) is 5. The number of benzene rings is 10. The van der Waals surface area contributed by atoms with Crippen molar-refractivity contribution in [2.24, 2.45) is 0 Å². The molecule has 7 heterocycles. The topological polar surface area (TPSA) is 16.2 Å². The molecule has 2 aromatic heterocycles. The van der Waals surface area contributed by atoms with Crippen molar-refractivity contribution in [3.05, 3.63) is 258 Å². The van der Waals surface area contributed by atoms with Crippen molar-refractivity contribution in [1.29, 1.82) is 0 Å². The third-order valence-electron chi connectivity index (χ3n) is 44.8. The van der Waals surface area contributed by atoms with Gasteiger partial charge in [-0.2, -0.15) is 11.3 Å². The predicted molar refractivity (Wildman–Crippen MR) is 630 cm³/mol. The minimum atomic E-state index is -0.324. The standard InChI is InChI=1S/C137H163B2N5S2/c1-120(2)50-54-124(9,10)92-68-81(40-44-87(92)120)140-105-38-35-39-106-114(105)139(118-116(112-117(146-118)132(25,26)61-60-131(112,23)24)142(106)83-42-46-89-94(70-83)126(13,14)56-52-122(89,5)6)103-76-100-98(78-108(103)140)130(21,22)62-63-133(100,27)66-67-137-49-34-33-48-136(137,30)144(104-37-32-31-36-91(104)137)85-72-109-115-110(73-85)143(84-43-47-90-95(71-84)127(15,16)57-53-123(90,7)8)119-113(86-74-99-101(79-111(86)145-119)135(29)65-64-134(99,28)80-135)138(115)102-75-96-97(129(19,20)59-58-128(96,17)18)77-107(102)141(109)82-41-45-88-93(69-82)125(11,12)55-51-121(88,3)4/h31-32,35-47,68-79H,33-34,48-67,80H2,1-30H3. The van der Waals surface area contributed by atoms with E-state index in [0.717, 1.165) is 70.6 Å². The molecular weight excluding hydrogens is 1800 g/mol. The predicted octanol–water partition coefficient (Wildman–Crippen LogP) is 34.5. The minimum Gasteiger partial charge on any atom is -0.334 e. The van der Waals surface area contributed by atoms with Crippen LogP contribution in [0.2, 0.25) is 0 Å². The van der Waals surface area contributed by atoms with Crippen molar-refractivity contribution in [3.63, 3.8) is 0 Å². The van der Waals surface area contributed by atoms with Crippen LogP contribution in [0.25, 0.3) is 10.1 Å². The molecule has 10 aliphatic carbocycles. The lowest BCUT2D eigenvalue weighted by molar-refractivity contribution is 0.144. The van der Waals surface area contributed by atoms with Crippen LogP contribution in [0.15, 0.2) is 164 Å². The Balaban J connectivity index is 0.677.